The van der Waals surface area contributed by atoms with Gasteiger partial charge >= 0.3 is 0 Å². The maximum atomic E-state index is 4.07. The first-order chi connectivity index (χ1) is 6.75. The molecular weight excluding hydrogens is 172 g/mol. The van der Waals surface area contributed by atoms with Crippen molar-refractivity contribution in [2.75, 3.05) is 0 Å². The third-order valence-corrected chi connectivity index (χ3v) is 2.29. The predicted molar refractivity (Wildman–Crippen MR) is 56.1 cm³/mol. The molecular formula is C12H13N2. The highest BCUT2D eigenvalue weighted by Gasteiger charge is 1.98. The van der Waals surface area contributed by atoms with Gasteiger partial charge in [0.2, 0.25) is 0 Å². The van der Waals surface area contributed by atoms with E-state index in [0.29, 0.717) is 0 Å². The molecule has 1 aromatic carbocycles. The van der Waals surface area contributed by atoms with Crippen LogP contribution in [0, 0.1) is 20.0 Å². The standard InChI is InChI=1S/C12H13N2/c1-10-4-3-5-12(8-10)9-14-7-6-13-11(14)2/h3-5,7-8H,9H2,1-2H3. The smallest absolute Gasteiger partial charge is 0.109 e. The summed E-state index contributed by atoms with van der Waals surface area (Å²) in [5.41, 5.74) is 2.60. The van der Waals surface area contributed by atoms with Crippen molar-refractivity contribution in [3.05, 3.63) is 53.6 Å². The van der Waals surface area contributed by atoms with E-state index in [0.717, 1.165) is 12.4 Å². The molecule has 0 saturated carbocycles. The Morgan fingerprint density at radius 1 is 1.36 bits per heavy atom. The minimum atomic E-state index is 0.879. The molecule has 0 amide bonds. The van der Waals surface area contributed by atoms with Gasteiger partial charge in [-0.2, -0.15) is 0 Å². The van der Waals surface area contributed by atoms with Crippen molar-refractivity contribution in [3.8, 4) is 0 Å². The summed E-state index contributed by atoms with van der Waals surface area (Å²) < 4.78 is 2.09. The summed E-state index contributed by atoms with van der Waals surface area (Å²) in [4.78, 5) is 4.07. The topological polar surface area (TPSA) is 17.8 Å². The first-order valence-electron chi connectivity index (χ1n) is 4.71. The van der Waals surface area contributed by atoms with Crippen molar-refractivity contribution < 1.29 is 0 Å². The number of hydrogen-bond acceptors (Lipinski definition) is 1. The maximum Gasteiger partial charge on any atom is 0.109 e. The molecule has 0 fully saturated rings. The molecule has 0 aliphatic rings. The van der Waals surface area contributed by atoms with Crippen LogP contribution >= 0.6 is 0 Å². The second-order valence-electron chi connectivity index (χ2n) is 3.53. The Labute approximate surface area is 84.2 Å². The molecule has 2 heteroatoms. The highest BCUT2D eigenvalue weighted by atomic mass is 15.0. The molecule has 0 saturated heterocycles. The van der Waals surface area contributed by atoms with E-state index in [1.165, 1.54) is 11.1 Å². The Morgan fingerprint density at radius 2 is 2.21 bits per heavy atom. The summed E-state index contributed by atoms with van der Waals surface area (Å²) in [7, 11) is 0. The van der Waals surface area contributed by atoms with E-state index in [2.05, 4.69) is 46.9 Å². The minimum absolute atomic E-state index is 0.879. The molecule has 1 aromatic heterocycles. The lowest BCUT2D eigenvalue weighted by Gasteiger charge is -2.05. The summed E-state index contributed by atoms with van der Waals surface area (Å²) in [6.07, 6.45) is 4.73. The first kappa shape index (κ1) is 9.00. The molecule has 14 heavy (non-hydrogen) atoms. The van der Waals surface area contributed by atoms with Crippen molar-refractivity contribution in [2.24, 2.45) is 0 Å². The van der Waals surface area contributed by atoms with Crippen molar-refractivity contribution in [1.82, 2.24) is 9.55 Å². The molecule has 0 aliphatic carbocycles. The van der Waals surface area contributed by atoms with E-state index in [1.54, 1.807) is 0 Å². The average Bonchev–Trinajstić information content (AvgIpc) is 2.52. The van der Waals surface area contributed by atoms with Crippen molar-refractivity contribution in [3.63, 3.8) is 0 Å². The normalized spacial score (nSPS) is 10.4. The lowest BCUT2D eigenvalue weighted by molar-refractivity contribution is 0.761. The van der Waals surface area contributed by atoms with Gasteiger partial charge in [-0.3, -0.25) is 0 Å². The minimum Gasteiger partial charge on any atom is -0.330 e. The van der Waals surface area contributed by atoms with Gasteiger partial charge in [0.05, 0.1) is 0 Å². The van der Waals surface area contributed by atoms with E-state index >= 15 is 0 Å². The Morgan fingerprint density at radius 3 is 2.86 bits per heavy atom. The number of benzene rings is 1. The van der Waals surface area contributed by atoms with Gasteiger partial charge in [0.25, 0.3) is 0 Å². The lowest BCUT2D eigenvalue weighted by Crippen LogP contribution is -2.00. The molecule has 0 bridgehead atoms. The molecule has 1 heterocycles. The largest absolute Gasteiger partial charge is 0.330 e. The van der Waals surface area contributed by atoms with Gasteiger partial charge < -0.3 is 4.57 Å². The number of hydrogen-bond donors (Lipinski definition) is 0. The summed E-state index contributed by atoms with van der Waals surface area (Å²) >= 11 is 0. The fourth-order valence-corrected chi connectivity index (χ4v) is 1.52. The van der Waals surface area contributed by atoms with Crippen molar-refractivity contribution >= 4 is 0 Å². The monoisotopic (exact) mass is 185 g/mol. The highest BCUT2D eigenvalue weighted by Crippen LogP contribution is 2.07. The molecule has 1 radical (unpaired) electrons. The van der Waals surface area contributed by atoms with Crippen LogP contribution in [0.4, 0.5) is 0 Å². The van der Waals surface area contributed by atoms with Crippen LogP contribution in [0.2, 0.25) is 0 Å². The highest BCUT2D eigenvalue weighted by molar-refractivity contribution is 5.22. The fourth-order valence-electron chi connectivity index (χ4n) is 1.52. The number of nitrogens with zero attached hydrogens (tertiary/aromatic N) is 2. The lowest BCUT2D eigenvalue weighted by atomic mass is 10.1. The van der Waals surface area contributed by atoms with E-state index in [9.17, 15) is 0 Å². The summed E-state index contributed by atoms with van der Waals surface area (Å²) in [5.74, 6) is 1.01. The third kappa shape index (κ3) is 1.84. The second kappa shape index (κ2) is 3.66. The third-order valence-electron chi connectivity index (χ3n) is 2.29. The van der Waals surface area contributed by atoms with Gasteiger partial charge in [0, 0.05) is 12.7 Å². The number of aryl methyl sites for hydroxylation is 2. The Bertz CT molecular complexity index is 429. The van der Waals surface area contributed by atoms with Crippen LogP contribution in [-0.2, 0) is 6.54 Å². The molecule has 0 N–H and O–H groups in total. The molecule has 0 unspecified atom stereocenters. The van der Waals surface area contributed by atoms with E-state index in [4.69, 9.17) is 0 Å². The zero-order valence-electron chi connectivity index (χ0n) is 8.49. The van der Waals surface area contributed by atoms with Gasteiger partial charge in [0.1, 0.15) is 12.0 Å². The molecule has 0 aliphatic heterocycles. The molecule has 0 spiro atoms. The Hall–Kier alpha value is -1.57. The van der Waals surface area contributed by atoms with Crippen LogP contribution < -0.4 is 0 Å². The van der Waals surface area contributed by atoms with Gasteiger partial charge in [-0.05, 0) is 19.4 Å². The summed E-state index contributed by atoms with van der Waals surface area (Å²) in [6.45, 7) is 4.98. The Kier molecular flexibility index (Phi) is 2.35. The van der Waals surface area contributed by atoms with Crippen LogP contribution in [0.25, 0.3) is 0 Å². The zero-order chi connectivity index (χ0) is 9.97. The van der Waals surface area contributed by atoms with Crippen LogP contribution in [-0.4, -0.2) is 9.55 Å². The zero-order valence-corrected chi connectivity index (χ0v) is 8.49. The van der Waals surface area contributed by atoms with Gasteiger partial charge in [-0.25, -0.2) is 4.98 Å². The summed E-state index contributed by atoms with van der Waals surface area (Å²) in [6, 6.07) is 8.52. The quantitative estimate of drug-likeness (QED) is 0.702. The molecule has 0 atom stereocenters. The van der Waals surface area contributed by atoms with Gasteiger partial charge in [-0.15, -0.1) is 0 Å². The maximum absolute atomic E-state index is 4.07. The van der Waals surface area contributed by atoms with Gasteiger partial charge in [0.15, 0.2) is 0 Å². The van der Waals surface area contributed by atoms with Gasteiger partial charge in [-0.1, -0.05) is 29.8 Å². The van der Waals surface area contributed by atoms with E-state index in [-0.39, 0.29) is 0 Å². The fraction of sp³-hybridized carbons (Fsp3) is 0.250. The summed E-state index contributed by atoms with van der Waals surface area (Å²) in [5, 5.41) is 0. The number of aromatic nitrogens is 2. The van der Waals surface area contributed by atoms with Crippen molar-refractivity contribution in [1.29, 1.82) is 0 Å². The predicted octanol–water partition coefficient (Wildman–Crippen LogP) is 2.35. The van der Waals surface area contributed by atoms with Crippen LogP contribution in [0.3, 0.4) is 0 Å². The van der Waals surface area contributed by atoms with E-state index < -0.39 is 0 Å². The molecule has 2 aromatic rings. The average molecular weight is 185 g/mol. The molecule has 2 nitrogen and oxygen atoms in total. The van der Waals surface area contributed by atoms with Crippen LogP contribution in [0.5, 0.6) is 0 Å². The second-order valence-corrected chi connectivity index (χ2v) is 3.53. The SMILES string of the molecule is Cc1cccc(Cn2c[c]nc2C)c1. The molecule has 2 rings (SSSR count). The first-order valence-corrected chi connectivity index (χ1v) is 4.71. The molecule has 71 valence electrons. The van der Waals surface area contributed by atoms with E-state index in [1.807, 2.05) is 13.1 Å². The van der Waals surface area contributed by atoms with Crippen LogP contribution in [0.1, 0.15) is 17.0 Å². The van der Waals surface area contributed by atoms with Crippen molar-refractivity contribution in [2.45, 2.75) is 20.4 Å². The van der Waals surface area contributed by atoms with Crippen LogP contribution in [0.15, 0.2) is 30.5 Å². The number of rotatable bonds is 2. The Balaban J connectivity index is 2.23. The number of imidazole rings is 1.